The van der Waals surface area contributed by atoms with Crippen LogP contribution in [0, 0.1) is 0 Å². The predicted molar refractivity (Wildman–Crippen MR) is 80.0 cm³/mol. The summed E-state index contributed by atoms with van der Waals surface area (Å²) in [5.74, 6) is -0.295. The molecule has 1 heterocycles. The van der Waals surface area contributed by atoms with Crippen molar-refractivity contribution in [1.82, 2.24) is 10.3 Å². The van der Waals surface area contributed by atoms with Crippen LogP contribution in [0.2, 0.25) is 5.02 Å². The summed E-state index contributed by atoms with van der Waals surface area (Å²) in [6, 6.07) is 8.97. The molecular formula is C15H17ClN2O2. The maximum absolute atomic E-state index is 12.2. The molecule has 0 saturated carbocycles. The number of hydrogen-bond donors (Lipinski definition) is 2. The van der Waals surface area contributed by atoms with Gasteiger partial charge in [-0.25, -0.2) is 4.98 Å². The van der Waals surface area contributed by atoms with Crippen molar-refractivity contribution < 1.29 is 9.90 Å². The van der Waals surface area contributed by atoms with E-state index in [4.69, 9.17) is 16.7 Å². The monoisotopic (exact) mass is 292 g/mol. The number of amides is 1. The van der Waals surface area contributed by atoms with Crippen LogP contribution in [0.25, 0.3) is 10.9 Å². The zero-order valence-corrected chi connectivity index (χ0v) is 12.2. The van der Waals surface area contributed by atoms with Crippen molar-refractivity contribution in [2.24, 2.45) is 0 Å². The molecule has 0 aliphatic carbocycles. The first-order valence-electron chi connectivity index (χ1n) is 6.41. The second-order valence-electron chi connectivity index (χ2n) is 5.32. The van der Waals surface area contributed by atoms with Crippen molar-refractivity contribution in [2.75, 3.05) is 6.61 Å². The lowest BCUT2D eigenvalue weighted by molar-refractivity contribution is 0.0894. The van der Waals surface area contributed by atoms with Crippen molar-refractivity contribution in [2.45, 2.75) is 25.8 Å². The van der Waals surface area contributed by atoms with E-state index in [-0.39, 0.29) is 18.2 Å². The van der Waals surface area contributed by atoms with E-state index < -0.39 is 5.54 Å². The number of aliphatic hydroxyl groups excluding tert-OH is 1. The molecule has 0 atom stereocenters. The summed E-state index contributed by atoms with van der Waals surface area (Å²) < 4.78 is 0. The number of fused-ring (bicyclic) bond motifs is 1. The summed E-state index contributed by atoms with van der Waals surface area (Å²) in [5, 5.41) is 13.1. The molecule has 106 valence electrons. The average molecular weight is 293 g/mol. The highest BCUT2D eigenvalue weighted by atomic mass is 35.5. The maximum Gasteiger partial charge on any atom is 0.270 e. The number of pyridine rings is 1. The Morgan fingerprint density at radius 3 is 2.80 bits per heavy atom. The number of carbonyl (C=O) groups is 1. The summed E-state index contributed by atoms with van der Waals surface area (Å²) in [4.78, 5) is 16.5. The Morgan fingerprint density at radius 1 is 1.40 bits per heavy atom. The minimum absolute atomic E-state index is 0.0131. The van der Waals surface area contributed by atoms with Gasteiger partial charge in [0.2, 0.25) is 0 Å². The van der Waals surface area contributed by atoms with Crippen LogP contribution in [0.4, 0.5) is 0 Å². The van der Waals surface area contributed by atoms with E-state index in [9.17, 15) is 4.79 Å². The number of rotatable bonds is 4. The summed E-state index contributed by atoms with van der Waals surface area (Å²) >= 11 is 6.18. The first-order chi connectivity index (χ1) is 9.43. The molecule has 1 aromatic heterocycles. The molecule has 1 amide bonds. The van der Waals surface area contributed by atoms with E-state index >= 15 is 0 Å². The summed E-state index contributed by atoms with van der Waals surface area (Å²) in [5.41, 5.74) is 0.468. The lowest BCUT2D eigenvalue weighted by atomic mass is 10.0. The molecule has 0 aliphatic rings. The molecule has 2 aromatic rings. The lowest BCUT2D eigenvalue weighted by Gasteiger charge is -2.25. The molecule has 4 nitrogen and oxygen atoms in total. The van der Waals surface area contributed by atoms with Gasteiger partial charge in [-0.2, -0.15) is 0 Å². The summed E-state index contributed by atoms with van der Waals surface area (Å²) in [6.07, 6.45) is 0.472. The molecule has 2 rings (SSSR count). The van der Waals surface area contributed by atoms with E-state index in [1.54, 1.807) is 6.07 Å². The Morgan fingerprint density at radius 2 is 2.10 bits per heavy atom. The van der Waals surface area contributed by atoms with Gasteiger partial charge in [0.05, 0.1) is 10.5 Å². The molecule has 0 spiro atoms. The molecule has 0 saturated heterocycles. The molecule has 1 aromatic carbocycles. The van der Waals surface area contributed by atoms with E-state index in [0.29, 0.717) is 17.0 Å². The third-order valence-electron chi connectivity index (χ3n) is 3.09. The number of hydrogen-bond acceptors (Lipinski definition) is 3. The quantitative estimate of drug-likeness (QED) is 0.911. The summed E-state index contributed by atoms with van der Waals surface area (Å²) in [7, 11) is 0. The van der Waals surface area contributed by atoms with Gasteiger partial charge in [-0.15, -0.1) is 0 Å². The fraction of sp³-hybridized carbons (Fsp3) is 0.333. The van der Waals surface area contributed by atoms with Crippen LogP contribution in [0.1, 0.15) is 30.8 Å². The fourth-order valence-corrected chi connectivity index (χ4v) is 2.23. The van der Waals surface area contributed by atoms with Gasteiger partial charge in [0.15, 0.2) is 0 Å². The number of nitrogens with one attached hydrogen (secondary N) is 1. The molecule has 20 heavy (non-hydrogen) atoms. The predicted octanol–water partition coefficient (Wildman–Crippen LogP) is 2.78. The number of benzene rings is 1. The van der Waals surface area contributed by atoms with E-state index in [2.05, 4.69) is 10.3 Å². The third kappa shape index (κ3) is 3.26. The minimum Gasteiger partial charge on any atom is -0.396 e. The molecule has 2 N–H and O–H groups in total. The Kier molecular flexibility index (Phi) is 4.26. The molecule has 0 unspecified atom stereocenters. The molecule has 0 radical (unpaired) electrons. The second-order valence-corrected chi connectivity index (χ2v) is 5.73. The second kappa shape index (κ2) is 5.77. The van der Waals surface area contributed by atoms with Gasteiger partial charge < -0.3 is 10.4 Å². The zero-order valence-electron chi connectivity index (χ0n) is 11.5. The van der Waals surface area contributed by atoms with Crippen LogP contribution in [0.5, 0.6) is 0 Å². The minimum atomic E-state index is -0.494. The number of aromatic nitrogens is 1. The van der Waals surface area contributed by atoms with Crippen LogP contribution in [-0.4, -0.2) is 28.1 Å². The van der Waals surface area contributed by atoms with Gasteiger partial charge in [0, 0.05) is 17.5 Å². The Bertz CT molecular complexity index is 641. The molecule has 5 heteroatoms. The first kappa shape index (κ1) is 14.8. The Labute approximate surface area is 122 Å². The summed E-state index contributed by atoms with van der Waals surface area (Å²) in [6.45, 7) is 3.72. The topological polar surface area (TPSA) is 62.2 Å². The Balaban J connectivity index is 2.31. The molecular weight excluding hydrogens is 276 g/mol. The maximum atomic E-state index is 12.2. The van der Waals surface area contributed by atoms with Crippen LogP contribution in [0.3, 0.4) is 0 Å². The number of halogens is 1. The number of carbonyl (C=O) groups excluding carboxylic acids is 1. The van der Waals surface area contributed by atoms with Crippen LogP contribution in [0.15, 0.2) is 30.3 Å². The molecule has 0 aliphatic heterocycles. The van der Waals surface area contributed by atoms with Crippen molar-refractivity contribution in [3.8, 4) is 0 Å². The van der Waals surface area contributed by atoms with Crippen LogP contribution < -0.4 is 5.32 Å². The Hall–Kier alpha value is -1.65. The van der Waals surface area contributed by atoms with Crippen LogP contribution >= 0.6 is 11.6 Å². The number of para-hydroxylation sites is 1. The first-order valence-corrected chi connectivity index (χ1v) is 6.79. The van der Waals surface area contributed by atoms with E-state index in [1.807, 2.05) is 38.1 Å². The van der Waals surface area contributed by atoms with Gasteiger partial charge in [-0.05, 0) is 32.4 Å². The van der Waals surface area contributed by atoms with Gasteiger partial charge in [0.1, 0.15) is 5.69 Å². The van der Waals surface area contributed by atoms with Gasteiger partial charge in [-0.1, -0.05) is 29.8 Å². The highest BCUT2D eigenvalue weighted by Crippen LogP contribution is 2.23. The molecule has 0 fully saturated rings. The third-order valence-corrected chi connectivity index (χ3v) is 3.40. The molecule has 0 bridgehead atoms. The standard InChI is InChI=1S/C15H17ClN2O2/c1-15(2,7-8-19)18-14(20)13-9-11(16)10-5-3-4-6-12(10)17-13/h3-6,9,19H,7-8H2,1-2H3,(H,18,20). The van der Waals surface area contributed by atoms with Gasteiger partial charge >= 0.3 is 0 Å². The number of aliphatic hydroxyl groups is 1. The van der Waals surface area contributed by atoms with Gasteiger partial charge in [0.25, 0.3) is 5.91 Å². The lowest BCUT2D eigenvalue weighted by Crippen LogP contribution is -2.44. The van der Waals surface area contributed by atoms with Crippen molar-refractivity contribution in [1.29, 1.82) is 0 Å². The SMILES string of the molecule is CC(C)(CCO)NC(=O)c1cc(Cl)c2ccccc2n1. The van der Waals surface area contributed by atoms with Crippen LogP contribution in [-0.2, 0) is 0 Å². The highest BCUT2D eigenvalue weighted by Gasteiger charge is 2.21. The van der Waals surface area contributed by atoms with Gasteiger partial charge in [-0.3, -0.25) is 4.79 Å². The largest absolute Gasteiger partial charge is 0.396 e. The average Bonchev–Trinajstić information content (AvgIpc) is 2.38. The van der Waals surface area contributed by atoms with E-state index in [0.717, 1.165) is 5.39 Å². The highest BCUT2D eigenvalue weighted by molar-refractivity contribution is 6.35. The smallest absolute Gasteiger partial charge is 0.270 e. The number of nitrogens with zero attached hydrogens (tertiary/aromatic N) is 1. The van der Waals surface area contributed by atoms with Crippen molar-refractivity contribution in [3.63, 3.8) is 0 Å². The van der Waals surface area contributed by atoms with Crippen molar-refractivity contribution >= 4 is 28.4 Å². The normalized spacial score (nSPS) is 11.6. The van der Waals surface area contributed by atoms with Crippen molar-refractivity contribution in [3.05, 3.63) is 41.0 Å². The van der Waals surface area contributed by atoms with E-state index in [1.165, 1.54) is 0 Å². The zero-order chi connectivity index (χ0) is 14.8. The fourth-order valence-electron chi connectivity index (χ4n) is 1.96.